The van der Waals surface area contributed by atoms with Crippen molar-refractivity contribution in [3.8, 4) is 0 Å². The largest absolute Gasteiger partial charge is 0.352 e. The van der Waals surface area contributed by atoms with Crippen molar-refractivity contribution in [2.45, 2.75) is 32.2 Å². The van der Waals surface area contributed by atoms with Gasteiger partial charge in [0.05, 0.1) is 0 Å². The van der Waals surface area contributed by atoms with Gasteiger partial charge in [0.1, 0.15) is 0 Å². The number of carbonyl (C=O) groups is 2. The maximum absolute atomic E-state index is 11.7. The molecule has 2 rings (SSSR count). The minimum Gasteiger partial charge on any atom is -0.352 e. The second-order valence-corrected chi connectivity index (χ2v) is 4.71. The van der Waals surface area contributed by atoms with Crippen molar-refractivity contribution in [3.05, 3.63) is 29.8 Å². The number of benzene rings is 1. The Morgan fingerprint density at radius 1 is 1.21 bits per heavy atom. The van der Waals surface area contributed by atoms with Crippen LogP contribution in [0, 0.1) is 0 Å². The van der Waals surface area contributed by atoms with Crippen LogP contribution in [-0.4, -0.2) is 24.5 Å². The Bertz CT molecular complexity index is 452. The van der Waals surface area contributed by atoms with Gasteiger partial charge >= 0.3 is 6.03 Å². The average Bonchev–Trinajstić information content (AvgIpc) is 3.20. The molecule has 1 fully saturated rings. The van der Waals surface area contributed by atoms with Gasteiger partial charge in [-0.15, -0.1) is 0 Å². The molecule has 0 spiro atoms. The number of anilines is 1. The van der Waals surface area contributed by atoms with Crippen LogP contribution in [0.4, 0.5) is 10.5 Å². The monoisotopic (exact) mass is 261 g/mol. The molecule has 19 heavy (non-hydrogen) atoms. The molecule has 5 heteroatoms. The van der Waals surface area contributed by atoms with E-state index in [2.05, 4.69) is 16.0 Å². The standard InChI is InChI=1S/C14H19N3O2/c1-2-9-15-13(18)10-3-5-11(6-4-10)16-14(19)17-12-7-8-12/h3-6,12H,2,7-9H2,1H3,(H,15,18)(H2,16,17,19). The summed E-state index contributed by atoms with van der Waals surface area (Å²) in [5.74, 6) is -0.0872. The zero-order chi connectivity index (χ0) is 13.7. The lowest BCUT2D eigenvalue weighted by atomic mass is 10.2. The molecule has 1 aromatic carbocycles. The van der Waals surface area contributed by atoms with E-state index in [1.165, 1.54) is 0 Å². The summed E-state index contributed by atoms with van der Waals surface area (Å²) in [6, 6.07) is 7.01. The van der Waals surface area contributed by atoms with Gasteiger partial charge in [-0.25, -0.2) is 4.79 Å². The molecule has 0 aromatic heterocycles. The summed E-state index contributed by atoms with van der Waals surface area (Å²) in [6.45, 7) is 2.68. The Kier molecular flexibility index (Phi) is 4.39. The van der Waals surface area contributed by atoms with Crippen molar-refractivity contribution < 1.29 is 9.59 Å². The van der Waals surface area contributed by atoms with Gasteiger partial charge in [-0.05, 0) is 43.5 Å². The summed E-state index contributed by atoms with van der Waals surface area (Å²) in [5, 5.41) is 8.38. The molecule has 0 aliphatic heterocycles. The van der Waals surface area contributed by atoms with E-state index in [9.17, 15) is 9.59 Å². The molecule has 0 bridgehead atoms. The van der Waals surface area contributed by atoms with Gasteiger partial charge in [-0.1, -0.05) is 6.92 Å². The van der Waals surface area contributed by atoms with Crippen molar-refractivity contribution in [2.75, 3.05) is 11.9 Å². The van der Waals surface area contributed by atoms with Crippen molar-refractivity contribution in [1.29, 1.82) is 0 Å². The zero-order valence-corrected chi connectivity index (χ0v) is 11.0. The molecule has 0 unspecified atom stereocenters. The first-order valence-electron chi connectivity index (χ1n) is 6.65. The van der Waals surface area contributed by atoms with Crippen LogP contribution in [0.2, 0.25) is 0 Å². The van der Waals surface area contributed by atoms with Crippen LogP contribution in [0.25, 0.3) is 0 Å². The third kappa shape index (κ3) is 4.28. The van der Waals surface area contributed by atoms with E-state index in [0.29, 0.717) is 23.8 Å². The van der Waals surface area contributed by atoms with Crippen LogP contribution in [0.1, 0.15) is 36.5 Å². The number of urea groups is 1. The lowest BCUT2D eigenvalue weighted by molar-refractivity contribution is 0.0953. The zero-order valence-electron chi connectivity index (χ0n) is 11.0. The minimum atomic E-state index is -0.189. The molecule has 1 aliphatic carbocycles. The van der Waals surface area contributed by atoms with E-state index in [0.717, 1.165) is 19.3 Å². The first kappa shape index (κ1) is 13.4. The van der Waals surface area contributed by atoms with Gasteiger partial charge < -0.3 is 16.0 Å². The number of rotatable bonds is 5. The summed E-state index contributed by atoms with van der Waals surface area (Å²) in [7, 11) is 0. The fraction of sp³-hybridized carbons (Fsp3) is 0.429. The fourth-order valence-electron chi connectivity index (χ4n) is 1.63. The van der Waals surface area contributed by atoms with Crippen LogP contribution < -0.4 is 16.0 Å². The number of hydrogen-bond donors (Lipinski definition) is 3. The molecule has 1 saturated carbocycles. The molecule has 3 N–H and O–H groups in total. The van der Waals surface area contributed by atoms with Crippen molar-refractivity contribution in [2.24, 2.45) is 0 Å². The second-order valence-electron chi connectivity index (χ2n) is 4.71. The number of nitrogens with one attached hydrogen (secondary N) is 3. The fourth-order valence-corrected chi connectivity index (χ4v) is 1.63. The lowest BCUT2D eigenvalue weighted by Gasteiger charge is -2.07. The first-order valence-corrected chi connectivity index (χ1v) is 6.65. The van der Waals surface area contributed by atoms with E-state index >= 15 is 0 Å². The third-order valence-electron chi connectivity index (χ3n) is 2.85. The quantitative estimate of drug-likeness (QED) is 0.759. The molecule has 1 aromatic rings. The molecule has 0 heterocycles. The SMILES string of the molecule is CCCNC(=O)c1ccc(NC(=O)NC2CC2)cc1. The summed E-state index contributed by atoms with van der Waals surface area (Å²) in [5.41, 5.74) is 1.28. The Hall–Kier alpha value is -2.04. The van der Waals surface area contributed by atoms with Crippen molar-refractivity contribution >= 4 is 17.6 Å². The van der Waals surface area contributed by atoms with Crippen LogP contribution in [0.3, 0.4) is 0 Å². The van der Waals surface area contributed by atoms with E-state index < -0.39 is 0 Å². The van der Waals surface area contributed by atoms with E-state index in [1.807, 2.05) is 6.92 Å². The van der Waals surface area contributed by atoms with Crippen LogP contribution >= 0.6 is 0 Å². The van der Waals surface area contributed by atoms with E-state index in [1.54, 1.807) is 24.3 Å². The van der Waals surface area contributed by atoms with Crippen LogP contribution in [-0.2, 0) is 0 Å². The van der Waals surface area contributed by atoms with Crippen molar-refractivity contribution in [3.63, 3.8) is 0 Å². The molecule has 0 radical (unpaired) electrons. The van der Waals surface area contributed by atoms with Crippen molar-refractivity contribution in [1.82, 2.24) is 10.6 Å². The summed E-state index contributed by atoms with van der Waals surface area (Å²) < 4.78 is 0. The van der Waals surface area contributed by atoms with Gasteiger partial charge in [-0.3, -0.25) is 4.79 Å². The topological polar surface area (TPSA) is 70.2 Å². The molecule has 3 amide bonds. The highest BCUT2D eigenvalue weighted by Crippen LogP contribution is 2.18. The first-order chi connectivity index (χ1) is 9.19. The molecular weight excluding hydrogens is 242 g/mol. The Balaban J connectivity index is 1.86. The molecule has 5 nitrogen and oxygen atoms in total. The van der Waals surface area contributed by atoms with Gasteiger partial charge in [0.2, 0.25) is 0 Å². The minimum absolute atomic E-state index is 0.0872. The number of hydrogen-bond acceptors (Lipinski definition) is 2. The van der Waals surface area contributed by atoms with Gasteiger partial charge in [0.25, 0.3) is 5.91 Å². The molecule has 102 valence electrons. The van der Waals surface area contributed by atoms with Gasteiger partial charge in [0, 0.05) is 23.8 Å². The van der Waals surface area contributed by atoms with Gasteiger partial charge in [0.15, 0.2) is 0 Å². The predicted molar refractivity (Wildman–Crippen MR) is 74.2 cm³/mol. The highest BCUT2D eigenvalue weighted by Gasteiger charge is 2.23. The molecular formula is C14H19N3O2. The van der Waals surface area contributed by atoms with Crippen LogP contribution in [0.5, 0.6) is 0 Å². The highest BCUT2D eigenvalue weighted by molar-refractivity contribution is 5.95. The lowest BCUT2D eigenvalue weighted by Crippen LogP contribution is -2.30. The average molecular weight is 261 g/mol. The maximum atomic E-state index is 11.7. The summed E-state index contributed by atoms with van der Waals surface area (Å²) in [6.07, 6.45) is 3.03. The Morgan fingerprint density at radius 3 is 2.47 bits per heavy atom. The molecule has 0 saturated heterocycles. The summed E-state index contributed by atoms with van der Waals surface area (Å²) >= 11 is 0. The van der Waals surface area contributed by atoms with E-state index in [4.69, 9.17) is 0 Å². The normalized spacial score (nSPS) is 13.7. The third-order valence-corrected chi connectivity index (χ3v) is 2.85. The maximum Gasteiger partial charge on any atom is 0.319 e. The predicted octanol–water partition coefficient (Wildman–Crippen LogP) is 2.11. The Morgan fingerprint density at radius 2 is 1.89 bits per heavy atom. The van der Waals surface area contributed by atoms with Crippen LogP contribution in [0.15, 0.2) is 24.3 Å². The molecule has 1 aliphatic rings. The van der Waals surface area contributed by atoms with Gasteiger partial charge in [-0.2, -0.15) is 0 Å². The smallest absolute Gasteiger partial charge is 0.319 e. The Labute approximate surface area is 112 Å². The number of carbonyl (C=O) groups excluding carboxylic acids is 2. The highest BCUT2D eigenvalue weighted by atomic mass is 16.2. The number of amides is 3. The van der Waals surface area contributed by atoms with E-state index in [-0.39, 0.29) is 11.9 Å². The molecule has 0 atom stereocenters. The second kappa shape index (κ2) is 6.22. The summed E-state index contributed by atoms with van der Waals surface area (Å²) in [4.78, 5) is 23.2.